The molecule has 1 fully saturated rings. The zero-order chi connectivity index (χ0) is 15.2. The molecule has 6 nitrogen and oxygen atoms in total. The molecule has 1 aromatic heterocycles. The number of aromatic nitrogens is 1. The summed E-state index contributed by atoms with van der Waals surface area (Å²) in [5.74, 6) is 1.41. The van der Waals surface area contributed by atoms with E-state index >= 15 is 0 Å². The lowest BCUT2D eigenvalue weighted by atomic mass is 10.2. The van der Waals surface area contributed by atoms with Crippen molar-refractivity contribution >= 4 is 23.0 Å². The summed E-state index contributed by atoms with van der Waals surface area (Å²) in [5.41, 5.74) is 6.42. The molecule has 110 valence electrons. The Kier molecular flexibility index (Phi) is 4.95. The summed E-state index contributed by atoms with van der Waals surface area (Å²) in [5, 5.41) is 12.0. The van der Waals surface area contributed by atoms with E-state index < -0.39 is 0 Å². The molecule has 3 N–H and O–H groups in total. The minimum absolute atomic E-state index is 0.332. The number of piperazine rings is 1. The Morgan fingerprint density at radius 1 is 1.38 bits per heavy atom. The average molecular weight is 302 g/mol. The third-order valence-corrected chi connectivity index (χ3v) is 3.82. The molecule has 0 aromatic carbocycles. The number of pyridine rings is 1. The van der Waals surface area contributed by atoms with Crippen molar-refractivity contribution in [3.05, 3.63) is 35.8 Å². The number of likely N-dealkylation sites (N-methyl/N-ethyl adjacent to an activating group) is 1. The fourth-order valence-electron chi connectivity index (χ4n) is 2.22. The summed E-state index contributed by atoms with van der Waals surface area (Å²) >= 11 is 5.10. The lowest BCUT2D eigenvalue weighted by Crippen LogP contribution is -2.48. The second-order valence-corrected chi connectivity index (χ2v) is 5.02. The first kappa shape index (κ1) is 15.1. The monoisotopic (exact) mass is 302 g/mol. The molecule has 1 aliphatic rings. The van der Waals surface area contributed by atoms with Crippen LogP contribution in [0.15, 0.2) is 35.8 Å². The molecule has 0 aliphatic carbocycles. The number of nitrogens with two attached hydrogens (primary N) is 1. The van der Waals surface area contributed by atoms with Crippen molar-refractivity contribution in [3.63, 3.8) is 0 Å². The van der Waals surface area contributed by atoms with Crippen LogP contribution in [0.3, 0.4) is 0 Å². The Morgan fingerprint density at radius 2 is 2.10 bits per heavy atom. The summed E-state index contributed by atoms with van der Waals surface area (Å²) in [7, 11) is 1.69. The van der Waals surface area contributed by atoms with Gasteiger partial charge in [0.25, 0.3) is 0 Å². The Bertz CT molecular complexity index is 569. The number of hydrogen-bond donors (Lipinski definition) is 2. The molecule has 0 spiro atoms. The maximum Gasteiger partial charge on any atom is 0.128 e. The van der Waals surface area contributed by atoms with Gasteiger partial charge in [0.05, 0.1) is 0 Å². The van der Waals surface area contributed by atoms with Gasteiger partial charge >= 0.3 is 0 Å². The van der Waals surface area contributed by atoms with Crippen LogP contribution in [0.1, 0.15) is 0 Å². The Morgan fingerprint density at radius 3 is 2.62 bits per heavy atom. The topological polar surface area (TPSA) is 81.2 Å². The Balaban J connectivity index is 2.05. The first-order valence-electron chi connectivity index (χ1n) is 6.70. The van der Waals surface area contributed by atoms with E-state index in [0.717, 1.165) is 32.0 Å². The maximum atomic E-state index is 9.20. The van der Waals surface area contributed by atoms with Crippen LogP contribution in [0.4, 0.5) is 5.82 Å². The van der Waals surface area contributed by atoms with Crippen LogP contribution in [-0.4, -0.2) is 48.1 Å². The van der Waals surface area contributed by atoms with Crippen LogP contribution in [-0.2, 0) is 0 Å². The number of nitrogens with zero attached hydrogens (tertiary/aromatic N) is 4. The SMILES string of the molecule is CNC(=S)/C(C#N)=C(\N)N1CCN(c2ccccn2)CC1. The van der Waals surface area contributed by atoms with Gasteiger partial charge in [0.2, 0.25) is 0 Å². The van der Waals surface area contributed by atoms with Gasteiger partial charge in [0, 0.05) is 39.4 Å². The Labute approximate surface area is 129 Å². The van der Waals surface area contributed by atoms with E-state index in [2.05, 4.69) is 21.3 Å². The molecule has 1 aromatic rings. The van der Waals surface area contributed by atoms with Crippen molar-refractivity contribution in [2.24, 2.45) is 5.73 Å². The molecule has 1 saturated heterocycles. The number of nitriles is 1. The maximum absolute atomic E-state index is 9.20. The zero-order valence-corrected chi connectivity index (χ0v) is 12.7. The molecular weight excluding hydrogens is 284 g/mol. The van der Waals surface area contributed by atoms with E-state index in [9.17, 15) is 5.26 Å². The van der Waals surface area contributed by atoms with E-state index in [1.807, 2.05) is 23.1 Å². The molecular formula is C14H18N6S. The fourth-order valence-corrected chi connectivity index (χ4v) is 2.37. The second kappa shape index (κ2) is 6.90. The number of thiocarbonyl (C=S) groups is 1. The lowest BCUT2D eigenvalue weighted by molar-refractivity contribution is 0.316. The molecule has 1 aliphatic heterocycles. The summed E-state index contributed by atoms with van der Waals surface area (Å²) in [6.07, 6.45) is 1.79. The highest BCUT2D eigenvalue weighted by molar-refractivity contribution is 7.80. The van der Waals surface area contributed by atoms with Crippen molar-refractivity contribution in [2.45, 2.75) is 0 Å². The average Bonchev–Trinajstić information content (AvgIpc) is 2.56. The molecule has 0 unspecified atom stereocenters. The molecule has 21 heavy (non-hydrogen) atoms. The van der Waals surface area contributed by atoms with Crippen molar-refractivity contribution in [1.29, 1.82) is 5.26 Å². The van der Waals surface area contributed by atoms with E-state index in [-0.39, 0.29) is 0 Å². The predicted molar refractivity (Wildman–Crippen MR) is 86.5 cm³/mol. The van der Waals surface area contributed by atoms with Gasteiger partial charge in [-0.25, -0.2) is 4.98 Å². The molecule has 0 bridgehead atoms. The van der Waals surface area contributed by atoms with Gasteiger partial charge in [-0.2, -0.15) is 5.26 Å². The number of anilines is 1. The van der Waals surface area contributed by atoms with Gasteiger partial charge in [-0.3, -0.25) is 0 Å². The third kappa shape index (κ3) is 3.41. The van der Waals surface area contributed by atoms with Gasteiger partial charge in [-0.15, -0.1) is 0 Å². The van der Waals surface area contributed by atoms with Crippen LogP contribution in [0.25, 0.3) is 0 Å². The number of rotatable bonds is 3. The fraction of sp³-hybridized carbons (Fsp3) is 0.357. The van der Waals surface area contributed by atoms with Crippen molar-refractivity contribution in [2.75, 3.05) is 38.1 Å². The summed E-state index contributed by atoms with van der Waals surface area (Å²) < 4.78 is 0. The smallest absolute Gasteiger partial charge is 0.128 e. The molecule has 2 rings (SSSR count). The highest BCUT2D eigenvalue weighted by Crippen LogP contribution is 2.15. The van der Waals surface area contributed by atoms with Gasteiger partial charge in [-0.1, -0.05) is 18.3 Å². The van der Waals surface area contributed by atoms with Crippen LogP contribution in [0.5, 0.6) is 0 Å². The molecule has 0 saturated carbocycles. The summed E-state index contributed by atoms with van der Waals surface area (Å²) in [6.45, 7) is 3.09. The van der Waals surface area contributed by atoms with Crippen LogP contribution in [0, 0.1) is 11.3 Å². The molecule has 0 atom stereocenters. The van der Waals surface area contributed by atoms with Gasteiger partial charge in [0.1, 0.15) is 28.3 Å². The van der Waals surface area contributed by atoms with Crippen molar-refractivity contribution < 1.29 is 0 Å². The third-order valence-electron chi connectivity index (χ3n) is 3.42. The van der Waals surface area contributed by atoms with Gasteiger partial charge < -0.3 is 20.9 Å². The molecule has 0 amide bonds. The van der Waals surface area contributed by atoms with E-state index in [0.29, 0.717) is 16.4 Å². The van der Waals surface area contributed by atoms with Crippen molar-refractivity contribution in [3.8, 4) is 6.07 Å². The van der Waals surface area contributed by atoms with E-state index in [4.69, 9.17) is 18.0 Å². The second-order valence-electron chi connectivity index (χ2n) is 4.61. The molecule has 0 radical (unpaired) electrons. The zero-order valence-electron chi connectivity index (χ0n) is 11.9. The first-order valence-corrected chi connectivity index (χ1v) is 7.11. The van der Waals surface area contributed by atoms with E-state index in [1.54, 1.807) is 13.2 Å². The standard InChI is InChI=1S/C14H18N6S/c1-17-14(21)11(10-15)13(16)20-8-6-19(7-9-20)12-4-2-3-5-18-12/h2-5H,6-9,16H2,1H3,(H,17,21)/b13-11+. The molecule has 7 heteroatoms. The first-order chi connectivity index (χ1) is 10.2. The van der Waals surface area contributed by atoms with Crippen LogP contribution < -0.4 is 16.0 Å². The summed E-state index contributed by atoms with van der Waals surface area (Å²) in [6, 6.07) is 7.94. The van der Waals surface area contributed by atoms with Crippen LogP contribution in [0.2, 0.25) is 0 Å². The number of hydrogen-bond acceptors (Lipinski definition) is 6. The largest absolute Gasteiger partial charge is 0.384 e. The van der Waals surface area contributed by atoms with Crippen LogP contribution >= 0.6 is 12.2 Å². The minimum Gasteiger partial charge on any atom is -0.384 e. The van der Waals surface area contributed by atoms with E-state index in [1.165, 1.54) is 0 Å². The summed E-state index contributed by atoms with van der Waals surface area (Å²) in [4.78, 5) is 8.91. The minimum atomic E-state index is 0.332. The van der Waals surface area contributed by atoms with Gasteiger partial charge in [0.15, 0.2) is 0 Å². The highest BCUT2D eigenvalue weighted by Gasteiger charge is 2.21. The highest BCUT2D eigenvalue weighted by atomic mass is 32.1. The Hall–Kier alpha value is -2.33. The normalized spacial score (nSPS) is 16.0. The van der Waals surface area contributed by atoms with Crippen molar-refractivity contribution in [1.82, 2.24) is 15.2 Å². The molecule has 2 heterocycles. The number of nitrogens with one attached hydrogen (secondary N) is 1. The van der Waals surface area contributed by atoms with Gasteiger partial charge in [-0.05, 0) is 12.1 Å². The predicted octanol–water partition coefficient (Wildman–Crippen LogP) is 0.444. The lowest BCUT2D eigenvalue weighted by Gasteiger charge is -2.37. The quantitative estimate of drug-likeness (QED) is 0.476.